The molecular formula is C18H12BrF3N2O2. The number of carbonyl (C=O) groups excluding carboxylic acids is 2. The van der Waals surface area contributed by atoms with Gasteiger partial charge in [0.1, 0.15) is 5.70 Å². The average molecular weight is 425 g/mol. The second-order valence-corrected chi connectivity index (χ2v) is 6.54. The first-order valence-electron chi connectivity index (χ1n) is 7.50. The fraction of sp³-hybridized carbons (Fsp3) is 0.111. The van der Waals surface area contributed by atoms with Crippen molar-refractivity contribution in [2.45, 2.75) is 12.7 Å². The number of carbonyl (C=O) groups is 2. The lowest BCUT2D eigenvalue weighted by atomic mass is 10.1. The summed E-state index contributed by atoms with van der Waals surface area (Å²) in [7, 11) is 0. The number of hydrogen-bond acceptors (Lipinski definition) is 2. The Morgan fingerprint density at radius 3 is 2.19 bits per heavy atom. The van der Waals surface area contributed by atoms with E-state index in [2.05, 4.69) is 21.2 Å². The highest BCUT2D eigenvalue weighted by Gasteiger charge is 2.33. The number of benzene rings is 2. The van der Waals surface area contributed by atoms with Crippen LogP contribution in [0.5, 0.6) is 0 Å². The van der Waals surface area contributed by atoms with Crippen LogP contribution in [0, 0.1) is 0 Å². The van der Waals surface area contributed by atoms with Crippen LogP contribution in [0.3, 0.4) is 0 Å². The molecule has 0 bridgehead atoms. The molecule has 1 aliphatic heterocycles. The predicted molar refractivity (Wildman–Crippen MR) is 92.6 cm³/mol. The summed E-state index contributed by atoms with van der Waals surface area (Å²) in [6.07, 6.45) is -3.08. The van der Waals surface area contributed by atoms with Gasteiger partial charge in [0.25, 0.3) is 5.91 Å². The molecule has 0 unspecified atom stereocenters. The van der Waals surface area contributed by atoms with Crippen molar-refractivity contribution in [3.05, 3.63) is 75.4 Å². The summed E-state index contributed by atoms with van der Waals surface area (Å²) in [4.78, 5) is 25.5. The maximum atomic E-state index is 12.6. The lowest BCUT2D eigenvalue weighted by Crippen LogP contribution is -2.30. The van der Waals surface area contributed by atoms with Crippen molar-refractivity contribution < 1.29 is 22.8 Å². The quantitative estimate of drug-likeness (QED) is 0.579. The zero-order valence-electron chi connectivity index (χ0n) is 13.2. The van der Waals surface area contributed by atoms with Gasteiger partial charge in [-0.3, -0.25) is 9.69 Å². The van der Waals surface area contributed by atoms with Crippen molar-refractivity contribution in [2.24, 2.45) is 0 Å². The van der Waals surface area contributed by atoms with Crippen LogP contribution < -0.4 is 5.32 Å². The first kappa shape index (κ1) is 18.2. The molecule has 2 aromatic rings. The first-order chi connectivity index (χ1) is 12.2. The van der Waals surface area contributed by atoms with Crippen LogP contribution in [-0.4, -0.2) is 16.8 Å². The van der Waals surface area contributed by atoms with E-state index in [1.807, 2.05) is 0 Å². The largest absolute Gasteiger partial charge is 0.416 e. The van der Waals surface area contributed by atoms with Crippen LogP contribution in [0.4, 0.5) is 18.0 Å². The molecule has 3 rings (SSSR count). The van der Waals surface area contributed by atoms with E-state index in [0.29, 0.717) is 5.56 Å². The first-order valence-corrected chi connectivity index (χ1v) is 8.29. The van der Waals surface area contributed by atoms with Crippen LogP contribution in [0.25, 0.3) is 6.08 Å². The smallest absolute Gasteiger partial charge is 0.303 e. The van der Waals surface area contributed by atoms with Gasteiger partial charge in [0.15, 0.2) is 0 Å². The number of nitrogens with one attached hydrogen (secondary N) is 1. The number of rotatable bonds is 3. The van der Waals surface area contributed by atoms with Gasteiger partial charge in [-0.15, -0.1) is 0 Å². The second kappa shape index (κ2) is 6.95. The third-order valence-corrected chi connectivity index (χ3v) is 4.29. The highest BCUT2D eigenvalue weighted by Crippen LogP contribution is 2.29. The van der Waals surface area contributed by atoms with Gasteiger partial charge in [0.05, 0.1) is 12.1 Å². The van der Waals surface area contributed by atoms with Crippen molar-refractivity contribution in [3.63, 3.8) is 0 Å². The molecule has 1 saturated heterocycles. The Kier molecular flexibility index (Phi) is 4.86. The molecule has 26 heavy (non-hydrogen) atoms. The second-order valence-electron chi connectivity index (χ2n) is 5.63. The topological polar surface area (TPSA) is 49.4 Å². The predicted octanol–water partition coefficient (Wildman–Crippen LogP) is 4.56. The molecule has 1 aliphatic rings. The summed E-state index contributed by atoms with van der Waals surface area (Å²) in [5.74, 6) is -0.530. The zero-order valence-corrected chi connectivity index (χ0v) is 14.8. The van der Waals surface area contributed by atoms with Gasteiger partial charge in [-0.1, -0.05) is 40.2 Å². The van der Waals surface area contributed by atoms with Gasteiger partial charge >= 0.3 is 12.2 Å². The fourth-order valence-corrected chi connectivity index (χ4v) is 2.69. The number of halogens is 4. The maximum absolute atomic E-state index is 12.6. The fourth-order valence-electron chi connectivity index (χ4n) is 2.42. The summed E-state index contributed by atoms with van der Waals surface area (Å²) in [6, 6.07) is 10.9. The van der Waals surface area contributed by atoms with E-state index < -0.39 is 23.7 Å². The molecular weight excluding hydrogens is 413 g/mol. The molecule has 0 aliphatic carbocycles. The molecule has 8 heteroatoms. The standard InChI is InChI=1S/C18H12BrF3N2O2/c19-14-7-3-12(4-8-14)10-24-16(25)15(23-17(24)26)9-11-1-5-13(6-2-11)18(20,21)22/h1-9H,10H2,(H,23,26). The minimum Gasteiger partial charge on any atom is -0.303 e. The minimum atomic E-state index is -4.43. The van der Waals surface area contributed by atoms with E-state index in [1.54, 1.807) is 24.3 Å². The number of hydrogen-bond donors (Lipinski definition) is 1. The van der Waals surface area contributed by atoms with Crippen molar-refractivity contribution in [1.29, 1.82) is 0 Å². The molecule has 134 valence electrons. The van der Waals surface area contributed by atoms with Crippen molar-refractivity contribution in [3.8, 4) is 0 Å². The van der Waals surface area contributed by atoms with Gasteiger partial charge in [-0.05, 0) is 41.5 Å². The molecule has 0 spiro atoms. The lowest BCUT2D eigenvalue weighted by molar-refractivity contribution is -0.137. The summed E-state index contributed by atoms with van der Waals surface area (Å²) in [6.45, 7) is 0.0995. The Morgan fingerprint density at radius 1 is 1.00 bits per heavy atom. The normalized spacial score (nSPS) is 16.3. The average Bonchev–Trinajstić information content (AvgIpc) is 2.84. The molecule has 1 N–H and O–H groups in total. The third-order valence-electron chi connectivity index (χ3n) is 3.77. The molecule has 3 amide bonds. The number of imide groups is 1. The SMILES string of the molecule is O=C1NC(=Cc2ccc(C(F)(F)F)cc2)C(=O)N1Cc1ccc(Br)cc1. The molecule has 1 fully saturated rings. The van der Waals surface area contributed by atoms with Crippen molar-refractivity contribution >= 4 is 33.9 Å². The van der Waals surface area contributed by atoms with Crippen LogP contribution in [-0.2, 0) is 17.5 Å². The van der Waals surface area contributed by atoms with Crippen LogP contribution >= 0.6 is 15.9 Å². The molecule has 2 aromatic carbocycles. The van der Waals surface area contributed by atoms with E-state index in [1.165, 1.54) is 18.2 Å². The van der Waals surface area contributed by atoms with E-state index in [0.717, 1.165) is 27.1 Å². The van der Waals surface area contributed by atoms with Crippen LogP contribution in [0.15, 0.2) is 58.7 Å². The number of nitrogens with zero attached hydrogens (tertiary/aromatic N) is 1. The Hall–Kier alpha value is -2.61. The highest BCUT2D eigenvalue weighted by atomic mass is 79.9. The Balaban J connectivity index is 1.77. The van der Waals surface area contributed by atoms with Crippen molar-refractivity contribution in [1.82, 2.24) is 10.2 Å². The van der Waals surface area contributed by atoms with E-state index >= 15 is 0 Å². The van der Waals surface area contributed by atoms with Crippen LogP contribution in [0.2, 0.25) is 0 Å². The molecule has 0 radical (unpaired) electrons. The van der Waals surface area contributed by atoms with Gasteiger partial charge in [-0.25, -0.2) is 4.79 Å². The van der Waals surface area contributed by atoms with E-state index in [-0.39, 0.29) is 12.2 Å². The Bertz CT molecular complexity index is 875. The number of urea groups is 1. The molecule has 4 nitrogen and oxygen atoms in total. The number of amides is 3. The monoisotopic (exact) mass is 424 g/mol. The van der Waals surface area contributed by atoms with Gasteiger partial charge in [-0.2, -0.15) is 13.2 Å². The van der Waals surface area contributed by atoms with Crippen LogP contribution in [0.1, 0.15) is 16.7 Å². The lowest BCUT2D eigenvalue weighted by Gasteiger charge is -2.11. The van der Waals surface area contributed by atoms with Gasteiger partial charge in [0, 0.05) is 4.47 Å². The van der Waals surface area contributed by atoms with Gasteiger partial charge < -0.3 is 5.32 Å². The Labute approximate surface area is 155 Å². The molecule has 0 saturated carbocycles. The molecule has 0 aromatic heterocycles. The van der Waals surface area contributed by atoms with E-state index in [4.69, 9.17) is 0 Å². The Morgan fingerprint density at radius 2 is 1.62 bits per heavy atom. The number of alkyl halides is 3. The summed E-state index contributed by atoms with van der Waals surface area (Å²) in [5, 5.41) is 2.45. The maximum Gasteiger partial charge on any atom is 0.416 e. The molecule has 0 atom stereocenters. The molecule has 1 heterocycles. The summed E-state index contributed by atoms with van der Waals surface area (Å²) >= 11 is 3.31. The summed E-state index contributed by atoms with van der Waals surface area (Å²) < 4.78 is 38.6. The van der Waals surface area contributed by atoms with Crippen molar-refractivity contribution in [2.75, 3.05) is 0 Å². The zero-order chi connectivity index (χ0) is 18.9. The summed E-state index contributed by atoms with van der Waals surface area (Å²) in [5.41, 5.74) is 0.393. The minimum absolute atomic E-state index is 0.0203. The van der Waals surface area contributed by atoms with Gasteiger partial charge in [0.2, 0.25) is 0 Å². The third kappa shape index (κ3) is 3.96. The van der Waals surface area contributed by atoms with E-state index in [9.17, 15) is 22.8 Å². The highest BCUT2D eigenvalue weighted by molar-refractivity contribution is 9.10.